The van der Waals surface area contributed by atoms with Crippen molar-refractivity contribution in [2.75, 3.05) is 20.3 Å². The molecule has 2 aliphatic heterocycles. The molecule has 0 aromatic heterocycles. The SMILES string of the molecule is CO[C@@H]1O[C@H](CO)[C@H](O)[C@H](O)[C@H]1O[C@H]1O[C@H](COC(=O)c2ccccc2)[C@@H](OC(=O)c2ccccc2)[C@H](OC(=O)c2ccccc2)[C@@H]1OC(=O)c1ccccc1. The Bertz CT molecular complexity index is 1890. The zero-order chi connectivity index (χ0) is 39.6. The summed E-state index contributed by atoms with van der Waals surface area (Å²) in [6, 6.07) is 31.5. The van der Waals surface area contributed by atoms with Gasteiger partial charge in [-0.25, -0.2) is 19.2 Å². The Morgan fingerprint density at radius 2 is 0.929 bits per heavy atom. The van der Waals surface area contributed by atoms with Gasteiger partial charge < -0.3 is 53.2 Å². The van der Waals surface area contributed by atoms with Crippen LogP contribution in [0.3, 0.4) is 0 Å². The normalized spacial score (nSPS) is 27.4. The first-order valence-corrected chi connectivity index (χ1v) is 17.6. The lowest BCUT2D eigenvalue weighted by molar-refractivity contribution is -0.363. The van der Waals surface area contributed by atoms with E-state index in [0.29, 0.717) is 0 Å². The number of methoxy groups -OCH3 is 1. The van der Waals surface area contributed by atoms with Gasteiger partial charge in [0.25, 0.3) is 0 Å². The summed E-state index contributed by atoms with van der Waals surface area (Å²) in [6.07, 6.45) is -16.2. The van der Waals surface area contributed by atoms with Gasteiger partial charge in [0.05, 0.1) is 28.9 Å². The van der Waals surface area contributed by atoms with Gasteiger partial charge in [-0.3, -0.25) is 0 Å². The Labute approximate surface area is 321 Å². The van der Waals surface area contributed by atoms with Crippen LogP contribution in [-0.2, 0) is 37.9 Å². The highest BCUT2D eigenvalue weighted by molar-refractivity contribution is 5.91. The van der Waals surface area contributed by atoms with Crippen molar-refractivity contribution in [1.29, 1.82) is 0 Å². The van der Waals surface area contributed by atoms with Crippen molar-refractivity contribution in [3.8, 4) is 0 Å². The highest BCUT2D eigenvalue weighted by Gasteiger charge is 2.56. The maximum absolute atomic E-state index is 13.8. The molecule has 4 aromatic rings. The summed E-state index contributed by atoms with van der Waals surface area (Å²) in [4.78, 5) is 54.5. The molecule has 2 heterocycles. The number of aliphatic hydroxyl groups excluding tert-OH is 3. The van der Waals surface area contributed by atoms with E-state index >= 15 is 0 Å². The van der Waals surface area contributed by atoms with Gasteiger partial charge in [-0.2, -0.15) is 0 Å². The van der Waals surface area contributed by atoms with E-state index in [1.165, 1.54) is 55.6 Å². The quantitative estimate of drug-likeness (QED) is 0.132. The first-order valence-electron chi connectivity index (χ1n) is 17.6. The summed E-state index contributed by atoms with van der Waals surface area (Å²) in [6.45, 7) is -1.30. The molecule has 0 aliphatic carbocycles. The molecule has 6 rings (SSSR count). The summed E-state index contributed by atoms with van der Waals surface area (Å²) >= 11 is 0. The summed E-state index contributed by atoms with van der Waals surface area (Å²) < 4.78 is 47.2. The molecule has 0 spiro atoms. The molecule has 0 unspecified atom stereocenters. The molecule has 56 heavy (non-hydrogen) atoms. The number of carbonyl (C=O) groups excluding carboxylic acids is 4. The van der Waals surface area contributed by atoms with Crippen molar-refractivity contribution in [3.63, 3.8) is 0 Å². The van der Waals surface area contributed by atoms with Gasteiger partial charge in [-0.15, -0.1) is 0 Å². The maximum Gasteiger partial charge on any atom is 0.338 e. The lowest BCUT2D eigenvalue weighted by Crippen LogP contribution is -2.66. The average molecular weight is 773 g/mol. The summed E-state index contributed by atoms with van der Waals surface area (Å²) in [5.74, 6) is -3.51. The van der Waals surface area contributed by atoms with Gasteiger partial charge in [-0.1, -0.05) is 72.8 Å². The number of rotatable bonds is 13. The van der Waals surface area contributed by atoms with Crippen molar-refractivity contribution >= 4 is 23.9 Å². The molecule has 4 aromatic carbocycles. The third-order valence-electron chi connectivity index (χ3n) is 9.09. The van der Waals surface area contributed by atoms with Gasteiger partial charge in [0.1, 0.15) is 37.1 Å². The number of benzene rings is 4. The Balaban J connectivity index is 1.43. The van der Waals surface area contributed by atoms with Crippen LogP contribution in [0.2, 0.25) is 0 Å². The van der Waals surface area contributed by atoms with Gasteiger partial charge in [-0.05, 0) is 48.5 Å². The number of esters is 4. The van der Waals surface area contributed by atoms with Crippen LogP contribution in [0, 0.1) is 0 Å². The zero-order valence-electron chi connectivity index (χ0n) is 30.0. The molecule has 0 radical (unpaired) electrons. The van der Waals surface area contributed by atoms with Crippen LogP contribution in [0.5, 0.6) is 0 Å². The molecule has 294 valence electrons. The second-order valence-electron chi connectivity index (χ2n) is 12.8. The molecular weight excluding hydrogens is 732 g/mol. The number of ether oxygens (including phenoxy) is 8. The molecule has 2 saturated heterocycles. The molecule has 0 bridgehead atoms. The number of hydrogen-bond donors (Lipinski definition) is 3. The fourth-order valence-corrected chi connectivity index (χ4v) is 6.18. The first-order chi connectivity index (χ1) is 27.2. The molecule has 2 fully saturated rings. The monoisotopic (exact) mass is 772 g/mol. The highest BCUT2D eigenvalue weighted by atomic mass is 16.8. The summed E-state index contributed by atoms with van der Waals surface area (Å²) in [5, 5.41) is 31.8. The Hall–Kier alpha value is -5.52. The molecule has 0 saturated carbocycles. The van der Waals surface area contributed by atoms with Crippen LogP contribution in [0.25, 0.3) is 0 Å². The third-order valence-corrected chi connectivity index (χ3v) is 9.09. The molecule has 10 atom stereocenters. The standard InChI is InChI=1S/C41H40O15/c1-49-40-33(31(44)30(43)28(22-42)51-40)56-41-35(55-39(48)27-20-12-5-13-21-27)34(54-38(47)26-18-10-4-11-19-26)32(53-37(46)25-16-8-3-9-17-25)29(52-41)23-50-36(45)24-14-6-2-7-15-24/h2-21,28-35,40-44H,22-23H2,1H3/t28-,29-,30+,31+,32-,33-,34+,35+,40-,41-/m1/s1. The number of hydrogen-bond acceptors (Lipinski definition) is 15. The maximum atomic E-state index is 13.8. The smallest absolute Gasteiger partial charge is 0.338 e. The fraction of sp³-hybridized carbons (Fsp3) is 0.317. The number of carbonyl (C=O) groups is 4. The highest BCUT2D eigenvalue weighted by Crippen LogP contribution is 2.35. The van der Waals surface area contributed by atoms with E-state index in [4.69, 9.17) is 37.9 Å². The molecule has 2 aliphatic rings. The van der Waals surface area contributed by atoms with Crippen molar-refractivity contribution in [2.45, 2.75) is 61.4 Å². The van der Waals surface area contributed by atoms with E-state index in [9.17, 15) is 34.5 Å². The largest absolute Gasteiger partial charge is 0.459 e. The van der Waals surface area contributed by atoms with Crippen molar-refractivity contribution in [2.24, 2.45) is 0 Å². The Kier molecular flexibility index (Phi) is 13.5. The minimum atomic E-state index is -1.82. The van der Waals surface area contributed by atoms with Crippen LogP contribution in [0.4, 0.5) is 0 Å². The second-order valence-corrected chi connectivity index (χ2v) is 12.8. The third kappa shape index (κ3) is 9.46. The van der Waals surface area contributed by atoms with Crippen LogP contribution >= 0.6 is 0 Å². The summed E-state index contributed by atoms with van der Waals surface area (Å²) in [7, 11) is 1.23. The van der Waals surface area contributed by atoms with E-state index in [2.05, 4.69) is 0 Å². The average Bonchev–Trinajstić information content (AvgIpc) is 3.24. The second kappa shape index (κ2) is 18.9. The Morgan fingerprint density at radius 3 is 1.38 bits per heavy atom. The molecule has 0 amide bonds. The molecular formula is C41H40O15. The minimum absolute atomic E-state index is 0.0770. The van der Waals surface area contributed by atoms with Crippen molar-refractivity contribution < 1.29 is 72.4 Å². The van der Waals surface area contributed by atoms with Gasteiger partial charge in [0, 0.05) is 7.11 Å². The zero-order valence-corrected chi connectivity index (χ0v) is 30.0. The van der Waals surface area contributed by atoms with E-state index in [0.717, 1.165) is 0 Å². The van der Waals surface area contributed by atoms with E-state index in [-0.39, 0.29) is 22.3 Å². The summed E-state index contributed by atoms with van der Waals surface area (Å²) in [5.41, 5.74) is 0.454. The predicted molar refractivity (Wildman–Crippen MR) is 192 cm³/mol. The number of aliphatic hydroxyl groups is 3. The van der Waals surface area contributed by atoms with Crippen LogP contribution < -0.4 is 0 Å². The first kappa shape index (κ1) is 40.2. The van der Waals surface area contributed by atoms with E-state index in [1.54, 1.807) is 72.8 Å². The lowest BCUT2D eigenvalue weighted by atomic mass is 9.96. The molecule has 3 N–H and O–H groups in total. The van der Waals surface area contributed by atoms with Crippen LogP contribution in [0.15, 0.2) is 121 Å². The van der Waals surface area contributed by atoms with Crippen molar-refractivity contribution in [1.82, 2.24) is 0 Å². The van der Waals surface area contributed by atoms with Crippen LogP contribution in [0.1, 0.15) is 41.4 Å². The van der Waals surface area contributed by atoms with Gasteiger partial charge >= 0.3 is 23.9 Å². The Morgan fingerprint density at radius 1 is 0.518 bits per heavy atom. The van der Waals surface area contributed by atoms with Crippen molar-refractivity contribution in [3.05, 3.63) is 144 Å². The minimum Gasteiger partial charge on any atom is -0.459 e. The molecule has 15 heteroatoms. The van der Waals surface area contributed by atoms with E-state index in [1.807, 2.05) is 0 Å². The van der Waals surface area contributed by atoms with Gasteiger partial charge in [0.2, 0.25) is 0 Å². The van der Waals surface area contributed by atoms with E-state index < -0.39 is 98.5 Å². The predicted octanol–water partition coefficient (Wildman–Crippen LogP) is 2.72. The topological polar surface area (TPSA) is 203 Å². The van der Waals surface area contributed by atoms with Gasteiger partial charge in [0.15, 0.2) is 30.9 Å². The fourth-order valence-electron chi connectivity index (χ4n) is 6.18. The van der Waals surface area contributed by atoms with Crippen LogP contribution in [-0.4, -0.2) is 121 Å². The lowest BCUT2D eigenvalue weighted by Gasteiger charge is -2.47. The molecule has 15 nitrogen and oxygen atoms in total.